The lowest BCUT2D eigenvalue weighted by molar-refractivity contribution is 0.0794. The van der Waals surface area contributed by atoms with E-state index in [1.165, 1.54) is 12.1 Å². The first-order valence-electron chi connectivity index (χ1n) is 5.14. The van der Waals surface area contributed by atoms with Crippen molar-refractivity contribution < 1.29 is 9.18 Å². The summed E-state index contributed by atoms with van der Waals surface area (Å²) in [6.45, 7) is 2.48. The van der Waals surface area contributed by atoms with Gasteiger partial charge in [0.1, 0.15) is 5.82 Å². The molecule has 0 atom stereocenters. The van der Waals surface area contributed by atoms with Crippen molar-refractivity contribution in [2.75, 3.05) is 18.9 Å². The molecule has 0 radical (unpaired) electrons. The monoisotopic (exact) mass is 287 g/mol. The van der Waals surface area contributed by atoms with E-state index in [9.17, 15) is 9.18 Å². The zero-order valence-corrected chi connectivity index (χ0v) is 11.1. The van der Waals surface area contributed by atoms with Crippen molar-refractivity contribution >= 4 is 21.8 Å². The summed E-state index contributed by atoms with van der Waals surface area (Å²) in [5.74, 6) is -0.499. The molecule has 1 rings (SSSR count). The molecule has 2 nitrogen and oxygen atoms in total. The SMILES string of the molecule is Cc1ccc(F)cc1C(=O)N(C)CCCBr. The molecule has 0 aliphatic carbocycles. The molecular formula is C12H15BrFNO. The van der Waals surface area contributed by atoms with Crippen LogP contribution in [0.4, 0.5) is 4.39 Å². The Labute approximate surface area is 104 Å². The minimum Gasteiger partial charge on any atom is -0.342 e. The number of halogens is 2. The van der Waals surface area contributed by atoms with Crippen molar-refractivity contribution in [2.45, 2.75) is 13.3 Å². The third-order valence-electron chi connectivity index (χ3n) is 2.40. The van der Waals surface area contributed by atoms with E-state index in [4.69, 9.17) is 0 Å². The summed E-state index contributed by atoms with van der Waals surface area (Å²) < 4.78 is 13.0. The molecule has 0 spiro atoms. The minimum atomic E-state index is -0.372. The van der Waals surface area contributed by atoms with Gasteiger partial charge in [-0.05, 0) is 31.0 Å². The summed E-state index contributed by atoms with van der Waals surface area (Å²) in [5, 5.41) is 0.854. The molecule has 0 aromatic heterocycles. The Hall–Kier alpha value is -0.900. The number of rotatable bonds is 4. The summed E-state index contributed by atoms with van der Waals surface area (Å²) in [5.41, 5.74) is 1.24. The molecule has 0 N–H and O–H groups in total. The first-order valence-corrected chi connectivity index (χ1v) is 6.26. The second kappa shape index (κ2) is 5.99. The van der Waals surface area contributed by atoms with Gasteiger partial charge in [-0.2, -0.15) is 0 Å². The lowest BCUT2D eigenvalue weighted by Gasteiger charge is -2.17. The van der Waals surface area contributed by atoms with Crippen LogP contribution in [0.15, 0.2) is 18.2 Å². The molecule has 0 bridgehead atoms. The van der Waals surface area contributed by atoms with Crippen LogP contribution in [0.5, 0.6) is 0 Å². The lowest BCUT2D eigenvalue weighted by atomic mass is 10.1. The highest BCUT2D eigenvalue weighted by Crippen LogP contribution is 2.12. The summed E-state index contributed by atoms with van der Waals surface area (Å²) in [7, 11) is 1.73. The van der Waals surface area contributed by atoms with Crippen molar-refractivity contribution in [3.8, 4) is 0 Å². The smallest absolute Gasteiger partial charge is 0.253 e. The Bertz CT molecular complexity index is 381. The van der Waals surface area contributed by atoms with Crippen LogP contribution in [-0.4, -0.2) is 29.7 Å². The van der Waals surface area contributed by atoms with Crippen molar-refractivity contribution in [1.29, 1.82) is 0 Å². The van der Waals surface area contributed by atoms with Crippen LogP contribution in [0, 0.1) is 12.7 Å². The van der Waals surface area contributed by atoms with Crippen molar-refractivity contribution in [3.63, 3.8) is 0 Å². The zero-order valence-electron chi connectivity index (χ0n) is 9.46. The standard InChI is InChI=1S/C12H15BrFNO/c1-9-4-5-10(14)8-11(9)12(16)15(2)7-3-6-13/h4-5,8H,3,6-7H2,1-2H3. The lowest BCUT2D eigenvalue weighted by Crippen LogP contribution is -2.28. The van der Waals surface area contributed by atoms with Crippen LogP contribution in [-0.2, 0) is 0 Å². The molecule has 0 saturated heterocycles. The van der Waals surface area contributed by atoms with E-state index in [0.29, 0.717) is 12.1 Å². The minimum absolute atomic E-state index is 0.127. The zero-order chi connectivity index (χ0) is 12.1. The van der Waals surface area contributed by atoms with Crippen molar-refractivity contribution in [1.82, 2.24) is 4.90 Å². The van der Waals surface area contributed by atoms with Crippen LogP contribution < -0.4 is 0 Å². The fourth-order valence-electron chi connectivity index (χ4n) is 1.43. The quantitative estimate of drug-likeness (QED) is 0.780. The molecular weight excluding hydrogens is 273 g/mol. The summed E-state index contributed by atoms with van der Waals surface area (Å²) in [4.78, 5) is 13.6. The highest BCUT2D eigenvalue weighted by atomic mass is 79.9. The number of carbonyl (C=O) groups is 1. The van der Waals surface area contributed by atoms with Gasteiger partial charge in [-0.15, -0.1) is 0 Å². The molecule has 0 fully saturated rings. The molecule has 0 saturated carbocycles. The second-order valence-corrected chi connectivity index (χ2v) is 4.52. The summed E-state index contributed by atoms with van der Waals surface area (Å²) in [6, 6.07) is 4.29. The van der Waals surface area contributed by atoms with E-state index in [1.54, 1.807) is 18.0 Å². The first kappa shape index (κ1) is 13.2. The maximum atomic E-state index is 13.0. The van der Waals surface area contributed by atoms with Crippen molar-refractivity contribution in [2.24, 2.45) is 0 Å². The molecule has 0 unspecified atom stereocenters. The maximum absolute atomic E-state index is 13.0. The van der Waals surface area contributed by atoms with Crippen LogP contribution in [0.25, 0.3) is 0 Å². The molecule has 1 aromatic carbocycles. The van der Waals surface area contributed by atoms with Gasteiger partial charge >= 0.3 is 0 Å². The topological polar surface area (TPSA) is 20.3 Å². The number of hydrogen-bond donors (Lipinski definition) is 0. The molecule has 0 aliphatic rings. The normalized spacial score (nSPS) is 10.2. The summed E-state index contributed by atoms with van der Waals surface area (Å²) >= 11 is 3.31. The first-order chi connectivity index (χ1) is 7.56. The third kappa shape index (κ3) is 3.30. The predicted molar refractivity (Wildman–Crippen MR) is 66.5 cm³/mol. The molecule has 1 amide bonds. The van der Waals surface area contributed by atoms with E-state index in [2.05, 4.69) is 15.9 Å². The van der Waals surface area contributed by atoms with Gasteiger partial charge < -0.3 is 4.90 Å². The third-order valence-corrected chi connectivity index (χ3v) is 2.96. The Balaban J connectivity index is 2.83. The van der Waals surface area contributed by atoms with E-state index >= 15 is 0 Å². The molecule has 0 aliphatic heterocycles. The van der Waals surface area contributed by atoms with E-state index in [-0.39, 0.29) is 11.7 Å². The van der Waals surface area contributed by atoms with Gasteiger partial charge in [-0.3, -0.25) is 4.79 Å². The molecule has 4 heteroatoms. The van der Waals surface area contributed by atoms with Crippen LogP contribution in [0.2, 0.25) is 0 Å². The van der Waals surface area contributed by atoms with Gasteiger partial charge in [0.25, 0.3) is 5.91 Å². The number of carbonyl (C=O) groups excluding carboxylic acids is 1. The van der Waals surface area contributed by atoms with Gasteiger partial charge in [0.15, 0.2) is 0 Å². The van der Waals surface area contributed by atoms with Gasteiger partial charge in [-0.1, -0.05) is 22.0 Å². The second-order valence-electron chi connectivity index (χ2n) is 3.73. The average molecular weight is 288 g/mol. The molecule has 1 aromatic rings. The fraction of sp³-hybridized carbons (Fsp3) is 0.417. The van der Waals surface area contributed by atoms with E-state index < -0.39 is 0 Å². The summed E-state index contributed by atoms with van der Waals surface area (Å²) in [6.07, 6.45) is 0.886. The van der Waals surface area contributed by atoms with Gasteiger partial charge in [0.2, 0.25) is 0 Å². The van der Waals surface area contributed by atoms with Gasteiger partial charge in [0.05, 0.1) is 0 Å². The maximum Gasteiger partial charge on any atom is 0.253 e. The van der Waals surface area contributed by atoms with Crippen LogP contribution in [0.3, 0.4) is 0 Å². The van der Waals surface area contributed by atoms with E-state index in [1.807, 2.05) is 6.92 Å². The number of aryl methyl sites for hydroxylation is 1. The fourth-order valence-corrected chi connectivity index (χ4v) is 1.68. The van der Waals surface area contributed by atoms with Crippen LogP contribution >= 0.6 is 15.9 Å². The number of benzene rings is 1. The Morgan fingerprint density at radius 3 is 2.81 bits per heavy atom. The largest absolute Gasteiger partial charge is 0.342 e. The average Bonchev–Trinajstić information content (AvgIpc) is 2.28. The number of hydrogen-bond acceptors (Lipinski definition) is 1. The number of nitrogens with zero attached hydrogens (tertiary/aromatic N) is 1. The van der Waals surface area contributed by atoms with Gasteiger partial charge in [-0.25, -0.2) is 4.39 Å². The number of alkyl halides is 1. The highest BCUT2D eigenvalue weighted by Gasteiger charge is 2.14. The Morgan fingerprint density at radius 2 is 2.19 bits per heavy atom. The highest BCUT2D eigenvalue weighted by molar-refractivity contribution is 9.09. The predicted octanol–water partition coefficient (Wildman–Crippen LogP) is 2.99. The Morgan fingerprint density at radius 1 is 1.50 bits per heavy atom. The molecule has 16 heavy (non-hydrogen) atoms. The van der Waals surface area contributed by atoms with Crippen molar-refractivity contribution in [3.05, 3.63) is 35.1 Å². The molecule has 0 heterocycles. The van der Waals surface area contributed by atoms with Crippen LogP contribution in [0.1, 0.15) is 22.3 Å². The Kier molecular flexibility index (Phi) is 4.93. The number of amides is 1. The molecule has 88 valence electrons. The van der Waals surface area contributed by atoms with E-state index in [0.717, 1.165) is 17.3 Å². The van der Waals surface area contributed by atoms with Gasteiger partial charge in [0, 0.05) is 24.5 Å².